The van der Waals surface area contributed by atoms with Crippen LogP contribution in [0.3, 0.4) is 0 Å². The van der Waals surface area contributed by atoms with Gasteiger partial charge in [-0.25, -0.2) is 4.98 Å². The molecule has 0 fully saturated rings. The molecule has 0 amide bonds. The topological polar surface area (TPSA) is 47.0 Å². The van der Waals surface area contributed by atoms with E-state index >= 15 is 0 Å². The zero-order valence-corrected chi connectivity index (χ0v) is 11.8. The summed E-state index contributed by atoms with van der Waals surface area (Å²) in [7, 11) is 1.56. The monoisotopic (exact) mass is 307 g/mol. The van der Waals surface area contributed by atoms with Gasteiger partial charge in [-0.1, -0.05) is 13.8 Å². The van der Waals surface area contributed by atoms with Crippen molar-refractivity contribution in [1.29, 1.82) is 0 Å². The number of hydrogen-bond donors (Lipinski definition) is 1. The molecule has 0 aliphatic heterocycles. The van der Waals surface area contributed by atoms with Crippen LogP contribution in [0.25, 0.3) is 0 Å². The molecule has 0 aromatic carbocycles. The number of anilines is 1. The molecule has 1 heterocycles. The Labute approximate surface area is 109 Å². The minimum absolute atomic E-state index is 0.0539. The van der Waals surface area contributed by atoms with Gasteiger partial charge >= 0.3 is 0 Å². The Balaban J connectivity index is 2.61. The van der Waals surface area contributed by atoms with Crippen molar-refractivity contribution in [3.05, 3.63) is 10.7 Å². The highest BCUT2D eigenvalue weighted by molar-refractivity contribution is 9.10. The summed E-state index contributed by atoms with van der Waals surface area (Å²) in [5.41, 5.74) is 0. The Kier molecular flexibility index (Phi) is 5.28. The number of alkyl halides is 1. The molecule has 16 heavy (non-hydrogen) atoms. The van der Waals surface area contributed by atoms with Crippen LogP contribution in [0.4, 0.5) is 5.95 Å². The fourth-order valence-corrected chi connectivity index (χ4v) is 1.43. The molecule has 1 atom stereocenters. The van der Waals surface area contributed by atoms with Gasteiger partial charge in [-0.3, -0.25) is 0 Å². The van der Waals surface area contributed by atoms with Gasteiger partial charge in [-0.15, -0.1) is 11.6 Å². The van der Waals surface area contributed by atoms with E-state index in [4.69, 9.17) is 16.3 Å². The maximum absolute atomic E-state index is 6.11. The van der Waals surface area contributed by atoms with Gasteiger partial charge in [0.25, 0.3) is 0 Å². The average molecular weight is 309 g/mol. The fraction of sp³-hybridized carbons (Fsp3) is 0.600. The maximum Gasteiger partial charge on any atom is 0.232 e. The Morgan fingerprint density at radius 1 is 1.56 bits per heavy atom. The largest absolute Gasteiger partial charge is 0.480 e. The molecule has 0 aliphatic carbocycles. The minimum atomic E-state index is 0.0539. The van der Waals surface area contributed by atoms with Crippen molar-refractivity contribution < 1.29 is 4.74 Å². The normalized spacial score (nSPS) is 12.6. The van der Waals surface area contributed by atoms with E-state index in [2.05, 4.69) is 45.1 Å². The molecule has 0 aliphatic rings. The first-order valence-electron chi connectivity index (χ1n) is 4.99. The van der Waals surface area contributed by atoms with Crippen LogP contribution in [0.5, 0.6) is 5.88 Å². The van der Waals surface area contributed by atoms with E-state index in [0.717, 1.165) is 4.47 Å². The fourth-order valence-electron chi connectivity index (χ4n) is 1.00. The molecular weight excluding hydrogens is 293 g/mol. The highest BCUT2D eigenvalue weighted by atomic mass is 79.9. The van der Waals surface area contributed by atoms with Crippen molar-refractivity contribution in [2.75, 3.05) is 19.0 Å². The summed E-state index contributed by atoms with van der Waals surface area (Å²) in [6.45, 7) is 4.77. The number of hydrogen-bond acceptors (Lipinski definition) is 4. The second-order valence-corrected chi connectivity index (χ2v) is 5.11. The smallest absolute Gasteiger partial charge is 0.232 e. The molecule has 1 aromatic rings. The molecule has 0 saturated heterocycles. The summed E-state index contributed by atoms with van der Waals surface area (Å²) >= 11 is 9.40. The van der Waals surface area contributed by atoms with Gasteiger partial charge in [0.2, 0.25) is 11.8 Å². The average Bonchev–Trinajstić information content (AvgIpc) is 2.27. The van der Waals surface area contributed by atoms with E-state index in [-0.39, 0.29) is 5.38 Å². The number of halogens is 2. The molecule has 1 N–H and O–H groups in total. The lowest BCUT2D eigenvalue weighted by Gasteiger charge is -2.14. The van der Waals surface area contributed by atoms with Gasteiger partial charge < -0.3 is 10.1 Å². The first kappa shape index (κ1) is 13.5. The molecular formula is C10H15BrClN3O. The molecule has 1 unspecified atom stereocenters. The number of aromatic nitrogens is 2. The van der Waals surface area contributed by atoms with Gasteiger partial charge in [-0.05, 0) is 21.8 Å². The number of ether oxygens (including phenoxy) is 1. The van der Waals surface area contributed by atoms with Crippen LogP contribution in [0.2, 0.25) is 0 Å². The molecule has 0 saturated carbocycles. The summed E-state index contributed by atoms with van der Waals surface area (Å²) in [6, 6.07) is 0. The maximum atomic E-state index is 6.11. The highest BCUT2D eigenvalue weighted by Crippen LogP contribution is 2.22. The van der Waals surface area contributed by atoms with E-state index in [1.54, 1.807) is 13.3 Å². The molecule has 0 bridgehead atoms. The Morgan fingerprint density at radius 3 is 2.81 bits per heavy atom. The van der Waals surface area contributed by atoms with Crippen LogP contribution in [0.1, 0.15) is 13.8 Å². The van der Waals surface area contributed by atoms with Crippen LogP contribution in [0.15, 0.2) is 10.7 Å². The summed E-state index contributed by atoms with van der Waals surface area (Å²) in [5.74, 6) is 1.44. The number of nitrogens with one attached hydrogen (secondary N) is 1. The van der Waals surface area contributed by atoms with E-state index in [9.17, 15) is 0 Å². The third kappa shape index (κ3) is 3.79. The summed E-state index contributed by atoms with van der Waals surface area (Å²) in [6.07, 6.45) is 1.65. The summed E-state index contributed by atoms with van der Waals surface area (Å²) in [5, 5.41) is 3.13. The van der Waals surface area contributed by atoms with Gasteiger partial charge in [0.1, 0.15) is 0 Å². The second-order valence-electron chi connectivity index (χ2n) is 3.69. The lowest BCUT2D eigenvalue weighted by atomic mass is 10.1. The van der Waals surface area contributed by atoms with E-state index < -0.39 is 0 Å². The number of methoxy groups -OCH3 is 1. The molecule has 0 radical (unpaired) electrons. The van der Waals surface area contributed by atoms with Crippen LogP contribution in [-0.2, 0) is 0 Å². The van der Waals surface area contributed by atoms with Crippen molar-refractivity contribution >= 4 is 33.5 Å². The SMILES string of the molecule is COc1nc(NCC(Cl)C(C)C)ncc1Br. The zero-order valence-electron chi connectivity index (χ0n) is 9.50. The zero-order chi connectivity index (χ0) is 12.1. The van der Waals surface area contributed by atoms with Crippen molar-refractivity contribution in [1.82, 2.24) is 9.97 Å². The van der Waals surface area contributed by atoms with Crippen molar-refractivity contribution in [3.63, 3.8) is 0 Å². The molecule has 1 rings (SSSR count). The van der Waals surface area contributed by atoms with Crippen molar-refractivity contribution in [2.24, 2.45) is 5.92 Å². The Bertz CT molecular complexity index is 349. The van der Waals surface area contributed by atoms with Crippen LogP contribution in [-0.4, -0.2) is 29.0 Å². The standard InChI is InChI=1S/C10H15BrClN3O/c1-6(2)8(12)5-14-10-13-4-7(11)9(15-10)16-3/h4,6,8H,5H2,1-3H3,(H,13,14,15). The second kappa shape index (κ2) is 6.25. The summed E-state index contributed by atoms with van der Waals surface area (Å²) in [4.78, 5) is 8.28. The predicted octanol–water partition coefficient (Wildman–Crippen LogP) is 2.92. The van der Waals surface area contributed by atoms with Crippen molar-refractivity contribution in [2.45, 2.75) is 19.2 Å². The molecule has 6 heteroatoms. The third-order valence-electron chi connectivity index (χ3n) is 2.08. The predicted molar refractivity (Wildman–Crippen MR) is 69.3 cm³/mol. The van der Waals surface area contributed by atoms with E-state index in [1.165, 1.54) is 0 Å². The lowest BCUT2D eigenvalue weighted by molar-refractivity contribution is 0.394. The minimum Gasteiger partial charge on any atom is -0.480 e. The number of rotatable bonds is 5. The Morgan fingerprint density at radius 2 is 2.25 bits per heavy atom. The van der Waals surface area contributed by atoms with Gasteiger partial charge in [0.15, 0.2) is 0 Å². The molecule has 1 aromatic heterocycles. The Hall–Kier alpha value is -0.550. The quantitative estimate of drug-likeness (QED) is 0.850. The summed E-state index contributed by atoms with van der Waals surface area (Å²) < 4.78 is 5.80. The van der Waals surface area contributed by atoms with Crippen molar-refractivity contribution in [3.8, 4) is 5.88 Å². The molecule has 0 spiro atoms. The number of nitrogens with zero attached hydrogens (tertiary/aromatic N) is 2. The van der Waals surface area contributed by atoms with Gasteiger partial charge in [0, 0.05) is 6.54 Å². The first-order valence-corrected chi connectivity index (χ1v) is 6.22. The third-order valence-corrected chi connectivity index (χ3v) is 3.29. The van der Waals surface area contributed by atoms with Gasteiger partial charge in [-0.2, -0.15) is 4.98 Å². The molecule has 90 valence electrons. The van der Waals surface area contributed by atoms with E-state index in [1.807, 2.05) is 0 Å². The highest BCUT2D eigenvalue weighted by Gasteiger charge is 2.10. The van der Waals surface area contributed by atoms with Crippen LogP contribution < -0.4 is 10.1 Å². The first-order chi connectivity index (χ1) is 7.54. The van der Waals surface area contributed by atoms with Gasteiger partial charge in [0.05, 0.1) is 23.2 Å². The van der Waals surface area contributed by atoms with Crippen LogP contribution >= 0.6 is 27.5 Å². The van der Waals surface area contributed by atoms with Crippen LogP contribution in [0, 0.1) is 5.92 Å². The molecule has 4 nitrogen and oxygen atoms in total. The van der Waals surface area contributed by atoms with E-state index in [0.29, 0.717) is 24.3 Å². The lowest BCUT2D eigenvalue weighted by Crippen LogP contribution is -2.20.